The summed E-state index contributed by atoms with van der Waals surface area (Å²) in [6.07, 6.45) is 0. The van der Waals surface area contributed by atoms with Crippen LogP contribution in [-0.2, 0) is 0 Å². The first-order valence-corrected chi connectivity index (χ1v) is 1.82. The quantitative estimate of drug-likeness (QED) is 0.385. The number of nitrogens with zero attached hydrogens (tertiary/aromatic N) is 1. The van der Waals surface area contributed by atoms with Gasteiger partial charge in [0.1, 0.15) is 0 Å². The SMILES string of the molecule is C#N.[F][K]. The predicted molar refractivity (Wildman–Crippen MR) is 13.5 cm³/mol. The summed E-state index contributed by atoms with van der Waals surface area (Å²) in [5.41, 5.74) is 0. The molecular weight excluding hydrogens is 84.1 g/mol. The van der Waals surface area contributed by atoms with E-state index in [0.29, 0.717) is 0 Å². The Kier molecular flexibility index (Phi) is 75.6. The molecule has 3 heteroatoms. The van der Waals surface area contributed by atoms with Crippen molar-refractivity contribution in [3.8, 4) is 6.57 Å². The van der Waals surface area contributed by atoms with Gasteiger partial charge in [0.2, 0.25) is 0 Å². The molecule has 0 aromatic carbocycles. The normalized spacial score (nSPS) is 2.25. The molecule has 0 rings (SSSR count). The maximum absolute atomic E-state index is 9.69. The maximum atomic E-state index is 9.69. The topological polar surface area (TPSA) is 23.8 Å². The van der Waals surface area contributed by atoms with Gasteiger partial charge >= 0.3 is 49.7 Å². The number of hydrogen-bond acceptors (Lipinski definition) is 1. The zero-order valence-corrected chi connectivity index (χ0v) is 5.53. The Morgan fingerprint density at radius 1 is 1.50 bits per heavy atom. The van der Waals surface area contributed by atoms with Crippen LogP contribution in [0.2, 0.25) is 0 Å². The Hall–Kier alpha value is 1.06. The van der Waals surface area contributed by atoms with Gasteiger partial charge < -0.3 is 0 Å². The van der Waals surface area contributed by atoms with Crippen molar-refractivity contribution in [1.82, 2.24) is 0 Å². The van der Waals surface area contributed by atoms with Crippen LogP contribution in [0.25, 0.3) is 0 Å². The molecule has 4 heavy (non-hydrogen) atoms. The Bertz CT molecular complexity index is 12.8. The minimum absolute atomic E-state index is 0.438. The van der Waals surface area contributed by atoms with Crippen molar-refractivity contribution in [2.45, 2.75) is 0 Å². The van der Waals surface area contributed by atoms with E-state index in [1.807, 2.05) is 0 Å². The van der Waals surface area contributed by atoms with E-state index >= 15 is 0 Å². The minimum atomic E-state index is -0.438. The van der Waals surface area contributed by atoms with E-state index in [4.69, 9.17) is 5.26 Å². The van der Waals surface area contributed by atoms with Gasteiger partial charge in [-0.2, -0.15) is 0 Å². The summed E-state index contributed by atoms with van der Waals surface area (Å²) >= 11 is -0.438. The molecule has 1 nitrogen and oxygen atoms in total. The fourth-order valence-corrected chi connectivity index (χ4v) is 0. The van der Waals surface area contributed by atoms with E-state index in [0.717, 1.165) is 0 Å². The predicted octanol–water partition coefficient (Wildman–Crippen LogP) is 0.179. The monoisotopic (exact) mass is 85.0 g/mol. The Morgan fingerprint density at radius 2 is 1.50 bits per heavy atom. The van der Waals surface area contributed by atoms with Crippen LogP contribution >= 0.6 is 0 Å². The molecule has 18 valence electrons. The van der Waals surface area contributed by atoms with Crippen molar-refractivity contribution < 1.29 is -0.211 Å². The Balaban J connectivity index is 0. The van der Waals surface area contributed by atoms with Gasteiger partial charge in [0.05, 0.1) is 0 Å². The zero-order valence-electron chi connectivity index (χ0n) is 2.40. The third-order valence-corrected chi connectivity index (χ3v) is 0. The molecule has 0 unspecified atom stereocenters. The van der Waals surface area contributed by atoms with Crippen LogP contribution in [0, 0.1) is 11.8 Å². The van der Waals surface area contributed by atoms with Crippen molar-refractivity contribution >= 4 is 49.9 Å². The molecule has 0 atom stereocenters. The average molecular weight is 85.1 g/mol. The summed E-state index contributed by atoms with van der Waals surface area (Å²) in [7, 11) is 0. The van der Waals surface area contributed by atoms with Crippen LogP contribution in [0.15, 0.2) is 0 Å². The van der Waals surface area contributed by atoms with Gasteiger partial charge in [0.25, 0.3) is 0 Å². The molecule has 0 aromatic rings. The summed E-state index contributed by atoms with van der Waals surface area (Å²) in [5.74, 6) is 0. The number of halogens is 1. The first kappa shape index (κ1) is 8.91. The molecule has 0 saturated heterocycles. The van der Waals surface area contributed by atoms with Gasteiger partial charge in [-0.15, -0.1) is 0 Å². The second kappa shape index (κ2) is 34.0. The second-order valence-corrected chi connectivity index (χ2v) is 0. The molecule has 0 fully saturated rings. The van der Waals surface area contributed by atoms with Crippen molar-refractivity contribution in [2.75, 3.05) is 0 Å². The molecule has 0 aliphatic carbocycles. The fourth-order valence-electron chi connectivity index (χ4n) is 0. The van der Waals surface area contributed by atoms with Gasteiger partial charge in [0.15, 0.2) is 0 Å². The van der Waals surface area contributed by atoms with E-state index in [9.17, 15) is -0.211 Å². The van der Waals surface area contributed by atoms with E-state index < -0.39 is 49.9 Å². The van der Waals surface area contributed by atoms with E-state index in [2.05, 4.69) is 6.57 Å². The molecule has 0 amide bonds. The number of rotatable bonds is 0. The van der Waals surface area contributed by atoms with Crippen LogP contribution in [0.1, 0.15) is 0 Å². The first-order valence-electron chi connectivity index (χ1n) is 0.636. The molecule has 0 saturated carbocycles. The summed E-state index contributed by atoms with van der Waals surface area (Å²) < 4.78 is 9.69. The van der Waals surface area contributed by atoms with Gasteiger partial charge in [-0.05, 0) is 0 Å². The average Bonchev–Trinajstić information content (AvgIpc) is 1.50. The Morgan fingerprint density at radius 3 is 1.50 bits per heavy atom. The molecule has 0 spiro atoms. The summed E-state index contributed by atoms with van der Waals surface area (Å²) in [6, 6.07) is 0. The number of nitriles is 1. The van der Waals surface area contributed by atoms with Crippen LogP contribution < -0.4 is 0 Å². The zero-order chi connectivity index (χ0) is 4.00. The van der Waals surface area contributed by atoms with Crippen LogP contribution in [0.3, 0.4) is 0 Å². The molecule has 0 radical (unpaired) electrons. The van der Waals surface area contributed by atoms with Crippen molar-refractivity contribution in [2.24, 2.45) is 0 Å². The summed E-state index contributed by atoms with van der Waals surface area (Å²) in [6.45, 7) is 3.50. The molecule has 0 aliphatic heterocycles. The molecule has 0 bridgehead atoms. The van der Waals surface area contributed by atoms with Crippen LogP contribution in [0.5, 0.6) is 0 Å². The van der Waals surface area contributed by atoms with Crippen LogP contribution in [0.4, 0.5) is -0.211 Å². The Labute approximate surface area is 60.4 Å². The van der Waals surface area contributed by atoms with Crippen LogP contribution in [-0.4, -0.2) is 49.9 Å². The van der Waals surface area contributed by atoms with Gasteiger partial charge in [-0.3, -0.25) is 0 Å². The molecular formula is CHFKN. The molecule has 0 heterocycles. The van der Waals surface area contributed by atoms with Crippen molar-refractivity contribution in [1.29, 1.82) is 5.26 Å². The second-order valence-electron chi connectivity index (χ2n) is 0. The first-order chi connectivity index (χ1) is 2.00. The molecule has 0 aromatic heterocycles. The molecule has 0 N–H and O–H groups in total. The van der Waals surface area contributed by atoms with Crippen molar-refractivity contribution in [3.05, 3.63) is 0 Å². The van der Waals surface area contributed by atoms with E-state index in [-0.39, 0.29) is 0 Å². The third-order valence-electron chi connectivity index (χ3n) is 0. The molecule has 0 aliphatic rings. The fraction of sp³-hybridized carbons (Fsp3) is 0. The van der Waals surface area contributed by atoms with Gasteiger partial charge in [0, 0.05) is 6.57 Å². The summed E-state index contributed by atoms with van der Waals surface area (Å²) in [5, 5.41) is 6.50. The standard InChI is InChI=1S/CHN.FH.K/c1-2;;/h1H;1H;/q;;+1/p-1. The van der Waals surface area contributed by atoms with Gasteiger partial charge in [-0.1, -0.05) is 0 Å². The van der Waals surface area contributed by atoms with Gasteiger partial charge in [-0.25, -0.2) is 5.26 Å². The van der Waals surface area contributed by atoms with Crippen molar-refractivity contribution in [3.63, 3.8) is 0 Å². The summed E-state index contributed by atoms with van der Waals surface area (Å²) in [4.78, 5) is 0. The number of hydrogen-bond donors (Lipinski definition) is 0. The van der Waals surface area contributed by atoms with E-state index in [1.54, 1.807) is 0 Å². The third kappa shape index (κ3) is 11.6. The van der Waals surface area contributed by atoms with E-state index in [1.165, 1.54) is 0 Å².